The van der Waals surface area contributed by atoms with Crippen molar-refractivity contribution in [1.29, 1.82) is 0 Å². The minimum Gasteiger partial charge on any atom is -0.166 e. The van der Waals surface area contributed by atoms with Gasteiger partial charge in [-0.15, -0.1) is 0 Å². The fourth-order valence-electron chi connectivity index (χ4n) is 2.29. The van der Waals surface area contributed by atoms with E-state index in [9.17, 15) is 13.2 Å². The van der Waals surface area contributed by atoms with Gasteiger partial charge in [0.05, 0.1) is 5.56 Å². The number of allylic oxidation sites excluding steroid dienone is 1. The number of fused-ring (bicyclic) bond motifs is 1. The van der Waals surface area contributed by atoms with Crippen LogP contribution in [0.5, 0.6) is 0 Å². The van der Waals surface area contributed by atoms with Crippen molar-refractivity contribution in [3.63, 3.8) is 0 Å². The SMILES string of the molecule is FC(F)(F)c1ccccc1C1=Cc2ccccc2[CH]1. The van der Waals surface area contributed by atoms with E-state index in [1.807, 2.05) is 24.3 Å². The monoisotopic (exact) mass is 259 g/mol. The van der Waals surface area contributed by atoms with Gasteiger partial charge in [-0.3, -0.25) is 0 Å². The minimum absolute atomic E-state index is 0.228. The maximum atomic E-state index is 13.0. The summed E-state index contributed by atoms with van der Waals surface area (Å²) in [5, 5.41) is 0. The Hall–Kier alpha value is -2.03. The molecule has 1 radical (unpaired) electrons. The highest BCUT2D eigenvalue weighted by molar-refractivity contribution is 5.95. The Morgan fingerprint density at radius 2 is 1.37 bits per heavy atom. The summed E-state index contributed by atoms with van der Waals surface area (Å²) in [5.74, 6) is 0. The smallest absolute Gasteiger partial charge is 0.166 e. The van der Waals surface area contributed by atoms with Gasteiger partial charge in [0.2, 0.25) is 0 Å². The summed E-state index contributed by atoms with van der Waals surface area (Å²) < 4.78 is 39.0. The van der Waals surface area contributed by atoms with Gasteiger partial charge < -0.3 is 0 Å². The quantitative estimate of drug-likeness (QED) is 0.689. The fourth-order valence-corrected chi connectivity index (χ4v) is 2.29. The lowest BCUT2D eigenvalue weighted by atomic mass is 9.98. The maximum absolute atomic E-state index is 13.0. The Kier molecular flexibility index (Phi) is 2.70. The number of hydrogen-bond acceptors (Lipinski definition) is 0. The van der Waals surface area contributed by atoms with E-state index in [0.717, 1.165) is 17.2 Å². The molecule has 0 amide bonds. The van der Waals surface area contributed by atoms with Gasteiger partial charge in [0.15, 0.2) is 0 Å². The van der Waals surface area contributed by atoms with Crippen LogP contribution < -0.4 is 0 Å². The average molecular weight is 259 g/mol. The van der Waals surface area contributed by atoms with Crippen LogP contribution in [0.15, 0.2) is 48.5 Å². The first-order valence-corrected chi connectivity index (χ1v) is 5.88. The molecule has 2 aromatic rings. The first-order valence-electron chi connectivity index (χ1n) is 5.88. The molecule has 0 aliphatic heterocycles. The van der Waals surface area contributed by atoms with E-state index < -0.39 is 11.7 Å². The van der Waals surface area contributed by atoms with Crippen LogP contribution in [-0.4, -0.2) is 0 Å². The van der Waals surface area contributed by atoms with Gasteiger partial charge in [-0.1, -0.05) is 48.5 Å². The molecule has 19 heavy (non-hydrogen) atoms. The zero-order chi connectivity index (χ0) is 13.5. The summed E-state index contributed by atoms with van der Waals surface area (Å²) in [6.07, 6.45) is -0.750. The van der Waals surface area contributed by atoms with Crippen LogP contribution in [0, 0.1) is 6.42 Å². The Balaban J connectivity index is 2.07. The van der Waals surface area contributed by atoms with Gasteiger partial charge in [-0.05, 0) is 28.3 Å². The summed E-state index contributed by atoms with van der Waals surface area (Å²) in [4.78, 5) is 0. The molecule has 0 atom stereocenters. The van der Waals surface area contributed by atoms with Crippen molar-refractivity contribution in [3.05, 3.63) is 77.2 Å². The van der Waals surface area contributed by atoms with Crippen LogP contribution in [0.4, 0.5) is 13.2 Å². The van der Waals surface area contributed by atoms with Gasteiger partial charge in [-0.25, -0.2) is 0 Å². The molecule has 0 saturated carbocycles. The third kappa shape index (κ3) is 2.16. The number of rotatable bonds is 1. The Bertz CT molecular complexity index is 651. The summed E-state index contributed by atoms with van der Waals surface area (Å²) in [5.41, 5.74) is 2.15. The second kappa shape index (κ2) is 4.26. The summed E-state index contributed by atoms with van der Waals surface area (Å²) in [7, 11) is 0. The number of benzene rings is 2. The van der Waals surface area contributed by atoms with E-state index in [1.165, 1.54) is 12.1 Å². The Labute approximate surface area is 109 Å². The Morgan fingerprint density at radius 1 is 0.737 bits per heavy atom. The molecule has 0 heterocycles. The van der Waals surface area contributed by atoms with Gasteiger partial charge in [0.25, 0.3) is 0 Å². The van der Waals surface area contributed by atoms with Gasteiger partial charge in [-0.2, -0.15) is 13.2 Å². The van der Waals surface area contributed by atoms with Crippen LogP contribution >= 0.6 is 0 Å². The second-order valence-electron chi connectivity index (χ2n) is 4.42. The molecule has 0 fully saturated rings. The molecule has 1 aliphatic carbocycles. The van der Waals surface area contributed by atoms with Crippen molar-refractivity contribution in [3.8, 4) is 0 Å². The molecule has 2 aromatic carbocycles. The molecule has 0 saturated heterocycles. The molecule has 0 spiro atoms. The van der Waals surface area contributed by atoms with E-state index in [2.05, 4.69) is 0 Å². The molecular formula is C16H10F3. The lowest BCUT2D eigenvalue weighted by Crippen LogP contribution is -2.08. The van der Waals surface area contributed by atoms with Crippen molar-refractivity contribution in [2.24, 2.45) is 0 Å². The van der Waals surface area contributed by atoms with Crippen molar-refractivity contribution < 1.29 is 13.2 Å². The highest BCUT2D eigenvalue weighted by atomic mass is 19.4. The number of halogens is 3. The molecule has 0 nitrogen and oxygen atoms in total. The van der Waals surface area contributed by atoms with E-state index in [0.29, 0.717) is 5.57 Å². The molecule has 3 heteroatoms. The van der Waals surface area contributed by atoms with E-state index >= 15 is 0 Å². The summed E-state index contributed by atoms with van der Waals surface area (Å²) >= 11 is 0. The standard InChI is InChI=1S/C16H10F3/c17-16(18,19)15-8-4-3-7-14(15)13-9-11-5-1-2-6-12(11)10-13/h1-10H. The Morgan fingerprint density at radius 3 is 2.05 bits per heavy atom. The van der Waals surface area contributed by atoms with Gasteiger partial charge in [0, 0.05) is 6.42 Å². The maximum Gasteiger partial charge on any atom is 0.416 e. The van der Waals surface area contributed by atoms with E-state index in [-0.39, 0.29) is 5.56 Å². The minimum atomic E-state index is -4.33. The predicted octanol–water partition coefficient (Wildman–Crippen LogP) is 4.81. The molecular weight excluding hydrogens is 249 g/mol. The van der Waals surface area contributed by atoms with Crippen LogP contribution in [0.1, 0.15) is 22.3 Å². The number of alkyl halides is 3. The van der Waals surface area contributed by atoms with Crippen LogP contribution in [0.25, 0.3) is 11.6 Å². The highest BCUT2D eigenvalue weighted by Crippen LogP contribution is 2.40. The molecule has 1 aliphatic rings. The molecule has 0 bridgehead atoms. The van der Waals surface area contributed by atoms with Crippen LogP contribution in [0.2, 0.25) is 0 Å². The van der Waals surface area contributed by atoms with Gasteiger partial charge in [0.1, 0.15) is 0 Å². The predicted molar refractivity (Wildman–Crippen MR) is 69.2 cm³/mol. The topological polar surface area (TPSA) is 0 Å². The zero-order valence-electron chi connectivity index (χ0n) is 9.91. The lowest BCUT2D eigenvalue weighted by Gasteiger charge is -2.13. The molecule has 0 unspecified atom stereocenters. The first-order chi connectivity index (χ1) is 9.05. The van der Waals surface area contributed by atoms with Crippen molar-refractivity contribution in [2.45, 2.75) is 6.18 Å². The third-order valence-corrected chi connectivity index (χ3v) is 3.16. The number of hydrogen-bond donors (Lipinski definition) is 0. The second-order valence-corrected chi connectivity index (χ2v) is 4.42. The zero-order valence-corrected chi connectivity index (χ0v) is 9.91. The van der Waals surface area contributed by atoms with Crippen molar-refractivity contribution in [2.75, 3.05) is 0 Å². The lowest BCUT2D eigenvalue weighted by molar-refractivity contribution is -0.137. The first kappa shape index (κ1) is 12.0. The summed E-state index contributed by atoms with van der Waals surface area (Å²) in [6, 6.07) is 13.2. The molecule has 0 aromatic heterocycles. The van der Waals surface area contributed by atoms with E-state index in [4.69, 9.17) is 0 Å². The summed E-state index contributed by atoms with van der Waals surface area (Å²) in [6.45, 7) is 0. The fraction of sp³-hybridized carbons (Fsp3) is 0.0625. The van der Waals surface area contributed by atoms with Crippen molar-refractivity contribution in [1.82, 2.24) is 0 Å². The average Bonchev–Trinajstić information content (AvgIpc) is 2.81. The van der Waals surface area contributed by atoms with Gasteiger partial charge >= 0.3 is 6.18 Å². The van der Waals surface area contributed by atoms with E-state index in [1.54, 1.807) is 18.6 Å². The molecule has 0 N–H and O–H groups in total. The molecule has 3 rings (SSSR count). The van der Waals surface area contributed by atoms with Crippen LogP contribution in [0.3, 0.4) is 0 Å². The van der Waals surface area contributed by atoms with Crippen LogP contribution in [-0.2, 0) is 6.18 Å². The van der Waals surface area contributed by atoms with Crippen molar-refractivity contribution >= 4 is 11.6 Å². The normalized spacial score (nSPS) is 14.2. The largest absolute Gasteiger partial charge is 0.416 e. The third-order valence-electron chi connectivity index (χ3n) is 3.16. The molecule has 95 valence electrons. The highest BCUT2D eigenvalue weighted by Gasteiger charge is 2.34.